The molecule has 0 heterocycles. The minimum atomic E-state index is -0.500. The zero-order valence-electron chi connectivity index (χ0n) is 9.70. The van der Waals surface area contributed by atoms with E-state index in [2.05, 4.69) is 0 Å². The summed E-state index contributed by atoms with van der Waals surface area (Å²) < 4.78 is 27.4. The average molecular weight is 237 g/mol. The van der Waals surface area contributed by atoms with E-state index in [-0.39, 0.29) is 11.5 Å². The topological polar surface area (TPSA) is 26.0 Å². The summed E-state index contributed by atoms with van der Waals surface area (Å²) in [4.78, 5) is 0. The molecular formula is C14H17F2N. The number of halogens is 2. The van der Waals surface area contributed by atoms with Crippen LogP contribution in [-0.4, -0.2) is 0 Å². The fraction of sp³-hybridized carbons (Fsp3) is 0.571. The lowest BCUT2D eigenvalue weighted by molar-refractivity contribution is 0.275. The Kier molecular flexibility index (Phi) is 2.66. The van der Waals surface area contributed by atoms with E-state index in [0.29, 0.717) is 5.92 Å². The standard InChI is InChI=1S/C14H17F2N/c15-11-2-1-3-12(16)13(11)14(17)10-7-8-4-5-9(10)6-8/h1-3,8-10,14H,4-7,17H2. The Hall–Kier alpha value is -0.960. The Morgan fingerprint density at radius 3 is 2.35 bits per heavy atom. The maximum absolute atomic E-state index is 13.7. The van der Waals surface area contributed by atoms with Gasteiger partial charge < -0.3 is 5.73 Å². The maximum Gasteiger partial charge on any atom is 0.130 e. The van der Waals surface area contributed by atoms with Crippen LogP contribution in [0.25, 0.3) is 0 Å². The van der Waals surface area contributed by atoms with E-state index in [1.54, 1.807) is 0 Å². The van der Waals surface area contributed by atoms with E-state index in [1.807, 2.05) is 0 Å². The van der Waals surface area contributed by atoms with Gasteiger partial charge in [-0.2, -0.15) is 0 Å². The molecule has 17 heavy (non-hydrogen) atoms. The van der Waals surface area contributed by atoms with Crippen molar-refractivity contribution >= 4 is 0 Å². The third-order valence-corrected chi connectivity index (χ3v) is 4.59. The molecule has 2 aliphatic rings. The molecule has 3 rings (SSSR count). The van der Waals surface area contributed by atoms with Crippen molar-refractivity contribution in [2.45, 2.75) is 31.7 Å². The van der Waals surface area contributed by atoms with Crippen molar-refractivity contribution in [3.63, 3.8) is 0 Å². The fourth-order valence-corrected chi connectivity index (χ4v) is 3.78. The first kappa shape index (κ1) is 11.1. The summed E-state index contributed by atoms with van der Waals surface area (Å²) in [6.45, 7) is 0. The van der Waals surface area contributed by atoms with Crippen molar-refractivity contribution in [1.29, 1.82) is 0 Å². The van der Waals surface area contributed by atoms with E-state index in [9.17, 15) is 8.78 Å². The predicted molar refractivity (Wildman–Crippen MR) is 62.2 cm³/mol. The van der Waals surface area contributed by atoms with Gasteiger partial charge in [0.05, 0.1) is 0 Å². The Morgan fingerprint density at radius 1 is 1.12 bits per heavy atom. The van der Waals surface area contributed by atoms with Gasteiger partial charge in [0, 0.05) is 11.6 Å². The van der Waals surface area contributed by atoms with Crippen LogP contribution in [-0.2, 0) is 0 Å². The van der Waals surface area contributed by atoms with Gasteiger partial charge in [0.15, 0.2) is 0 Å². The molecule has 1 nitrogen and oxygen atoms in total. The highest BCUT2D eigenvalue weighted by atomic mass is 19.1. The van der Waals surface area contributed by atoms with Gasteiger partial charge in [0.2, 0.25) is 0 Å². The SMILES string of the molecule is NC(c1c(F)cccc1F)C1CC2CCC1C2. The summed E-state index contributed by atoms with van der Waals surface area (Å²) in [7, 11) is 0. The molecular weight excluding hydrogens is 220 g/mol. The first-order valence-electron chi connectivity index (χ1n) is 6.36. The lowest BCUT2D eigenvalue weighted by atomic mass is 9.80. The first-order valence-corrected chi connectivity index (χ1v) is 6.36. The molecule has 92 valence electrons. The third kappa shape index (κ3) is 1.77. The molecule has 0 amide bonds. The molecule has 4 atom stereocenters. The maximum atomic E-state index is 13.7. The lowest BCUT2D eigenvalue weighted by Crippen LogP contribution is -2.27. The Balaban J connectivity index is 1.89. The number of hydrogen-bond donors (Lipinski definition) is 1. The normalized spacial score (nSPS) is 33.0. The highest BCUT2D eigenvalue weighted by Gasteiger charge is 2.43. The number of nitrogens with two attached hydrogens (primary N) is 1. The number of rotatable bonds is 2. The van der Waals surface area contributed by atoms with Crippen molar-refractivity contribution in [2.75, 3.05) is 0 Å². The monoisotopic (exact) mass is 237 g/mol. The molecule has 0 saturated heterocycles. The quantitative estimate of drug-likeness (QED) is 0.838. The Labute approximate surface area is 100 Å². The molecule has 0 radical (unpaired) electrons. The minimum absolute atomic E-state index is 0.0880. The Bertz CT molecular complexity index is 412. The molecule has 1 aromatic carbocycles. The number of fused-ring (bicyclic) bond motifs is 2. The van der Waals surface area contributed by atoms with E-state index in [0.717, 1.165) is 12.3 Å². The second-order valence-corrected chi connectivity index (χ2v) is 5.50. The molecule has 3 heteroatoms. The molecule has 2 fully saturated rings. The van der Waals surface area contributed by atoms with Gasteiger partial charge >= 0.3 is 0 Å². The van der Waals surface area contributed by atoms with Crippen LogP contribution in [0.1, 0.15) is 37.3 Å². The zero-order valence-corrected chi connectivity index (χ0v) is 9.70. The van der Waals surface area contributed by atoms with E-state index in [1.165, 1.54) is 37.5 Å². The molecule has 2 N–H and O–H groups in total. The van der Waals surface area contributed by atoms with Gasteiger partial charge in [0.1, 0.15) is 11.6 Å². The molecule has 0 aliphatic heterocycles. The summed E-state index contributed by atoms with van der Waals surface area (Å²) >= 11 is 0. The van der Waals surface area contributed by atoms with Crippen LogP contribution < -0.4 is 5.73 Å². The summed E-state index contributed by atoms with van der Waals surface area (Å²) in [5.74, 6) is 0.584. The van der Waals surface area contributed by atoms with Gasteiger partial charge in [-0.1, -0.05) is 12.5 Å². The summed E-state index contributed by atoms with van der Waals surface area (Å²) in [6.07, 6.45) is 4.70. The second kappa shape index (κ2) is 4.05. The fourth-order valence-electron chi connectivity index (χ4n) is 3.78. The van der Waals surface area contributed by atoms with E-state index < -0.39 is 17.7 Å². The largest absolute Gasteiger partial charge is 0.324 e. The molecule has 0 spiro atoms. The molecule has 2 saturated carbocycles. The second-order valence-electron chi connectivity index (χ2n) is 5.50. The number of hydrogen-bond acceptors (Lipinski definition) is 1. The lowest BCUT2D eigenvalue weighted by Gasteiger charge is -2.28. The van der Waals surface area contributed by atoms with Crippen LogP contribution in [0.5, 0.6) is 0 Å². The smallest absolute Gasteiger partial charge is 0.130 e. The van der Waals surface area contributed by atoms with Crippen LogP contribution in [0, 0.1) is 29.4 Å². The van der Waals surface area contributed by atoms with Crippen molar-refractivity contribution in [2.24, 2.45) is 23.5 Å². The zero-order chi connectivity index (χ0) is 12.0. The van der Waals surface area contributed by atoms with Gasteiger partial charge in [-0.25, -0.2) is 8.78 Å². The van der Waals surface area contributed by atoms with E-state index in [4.69, 9.17) is 5.73 Å². The highest BCUT2D eigenvalue weighted by molar-refractivity contribution is 5.24. The predicted octanol–water partition coefficient (Wildman–Crippen LogP) is 3.40. The van der Waals surface area contributed by atoms with Crippen molar-refractivity contribution in [3.05, 3.63) is 35.4 Å². The molecule has 2 bridgehead atoms. The van der Waals surface area contributed by atoms with Gasteiger partial charge in [0.25, 0.3) is 0 Å². The van der Waals surface area contributed by atoms with Crippen molar-refractivity contribution in [1.82, 2.24) is 0 Å². The van der Waals surface area contributed by atoms with Crippen LogP contribution >= 0.6 is 0 Å². The van der Waals surface area contributed by atoms with Crippen LogP contribution in [0.4, 0.5) is 8.78 Å². The Morgan fingerprint density at radius 2 is 1.82 bits per heavy atom. The van der Waals surface area contributed by atoms with Crippen molar-refractivity contribution in [3.8, 4) is 0 Å². The molecule has 2 aliphatic carbocycles. The summed E-state index contributed by atoms with van der Waals surface area (Å²) in [6, 6.07) is 3.50. The minimum Gasteiger partial charge on any atom is -0.324 e. The van der Waals surface area contributed by atoms with Gasteiger partial charge in [-0.05, 0) is 49.1 Å². The van der Waals surface area contributed by atoms with E-state index >= 15 is 0 Å². The van der Waals surface area contributed by atoms with Gasteiger partial charge in [-0.15, -0.1) is 0 Å². The van der Waals surface area contributed by atoms with Gasteiger partial charge in [-0.3, -0.25) is 0 Å². The molecule has 1 aromatic rings. The molecule has 4 unspecified atom stereocenters. The first-order chi connectivity index (χ1) is 8.16. The summed E-state index contributed by atoms with van der Waals surface area (Å²) in [5, 5.41) is 0. The molecule has 0 aromatic heterocycles. The third-order valence-electron chi connectivity index (χ3n) is 4.59. The number of benzene rings is 1. The van der Waals surface area contributed by atoms with Crippen LogP contribution in [0.15, 0.2) is 18.2 Å². The highest BCUT2D eigenvalue weighted by Crippen LogP contribution is 2.52. The van der Waals surface area contributed by atoms with Crippen LogP contribution in [0.2, 0.25) is 0 Å². The van der Waals surface area contributed by atoms with Crippen LogP contribution in [0.3, 0.4) is 0 Å². The average Bonchev–Trinajstić information content (AvgIpc) is 2.90. The summed E-state index contributed by atoms with van der Waals surface area (Å²) in [5.41, 5.74) is 6.20. The van der Waals surface area contributed by atoms with Crippen molar-refractivity contribution < 1.29 is 8.78 Å².